The SMILES string of the molecule is CO[C@H]1OCCC[C@@H]1CCC(C)(C)O. The number of hydrogen-bond donors (Lipinski definition) is 1. The molecule has 3 heteroatoms. The Hall–Kier alpha value is -0.120. The van der Waals surface area contributed by atoms with Gasteiger partial charge in [-0.25, -0.2) is 0 Å². The molecule has 0 bridgehead atoms. The molecule has 0 saturated carbocycles. The van der Waals surface area contributed by atoms with E-state index in [1.165, 1.54) is 0 Å². The first-order valence-corrected chi connectivity index (χ1v) is 5.40. The molecule has 1 rings (SSSR count). The Morgan fingerprint density at radius 1 is 1.50 bits per heavy atom. The van der Waals surface area contributed by atoms with Gasteiger partial charge in [-0.05, 0) is 39.5 Å². The first kappa shape index (κ1) is 12.0. The van der Waals surface area contributed by atoms with E-state index in [2.05, 4.69) is 0 Å². The minimum absolute atomic E-state index is 0.0638. The van der Waals surface area contributed by atoms with E-state index in [9.17, 15) is 5.11 Å². The molecule has 1 aliphatic heterocycles. The van der Waals surface area contributed by atoms with Gasteiger partial charge in [-0.1, -0.05) is 0 Å². The van der Waals surface area contributed by atoms with Crippen molar-refractivity contribution in [2.75, 3.05) is 13.7 Å². The molecule has 0 aromatic heterocycles. The van der Waals surface area contributed by atoms with Crippen LogP contribution in [0.15, 0.2) is 0 Å². The fourth-order valence-electron chi connectivity index (χ4n) is 1.90. The second-order valence-corrected chi connectivity index (χ2v) is 4.73. The lowest BCUT2D eigenvalue weighted by Gasteiger charge is -2.32. The van der Waals surface area contributed by atoms with E-state index in [0.717, 1.165) is 32.3 Å². The van der Waals surface area contributed by atoms with E-state index in [-0.39, 0.29) is 6.29 Å². The van der Waals surface area contributed by atoms with E-state index < -0.39 is 5.60 Å². The van der Waals surface area contributed by atoms with Gasteiger partial charge in [0.05, 0.1) is 5.60 Å². The van der Waals surface area contributed by atoms with Crippen molar-refractivity contribution in [3.05, 3.63) is 0 Å². The topological polar surface area (TPSA) is 38.7 Å². The van der Waals surface area contributed by atoms with Gasteiger partial charge in [0, 0.05) is 19.6 Å². The third-order valence-corrected chi connectivity index (χ3v) is 2.75. The zero-order valence-corrected chi connectivity index (χ0v) is 9.45. The van der Waals surface area contributed by atoms with Crippen molar-refractivity contribution in [1.82, 2.24) is 0 Å². The Morgan fingerprint density at radius 3 is 2.79 bits per heavy atom. The Balaban J connectivity index is 2.33. The van der Waals surface area contributed by atoms with Crippen molar-refractivity contribution < 1.29 is 14.6 Å². The smallest absolute Gasteiger partial charge is 0.159 e. The van der Waals surface area contributed by atoms with E-state index in [1.54, 1.807) is 7.11 Å². The molecule has 0 aliphatic carbocycles. The zero-order valence-electron chi connectivity index (χ0n) is 9.45. The summed E-state index contributed by atoms with van der Waals surface area (Å²) in [5, 5.41) is 9.63. The Bertz CT molecular complexity index is 162. The van der Waals surface area contributed by atoms with Gasteiger partial charge in [-0.2, -0.15) is 0 Å². The molecule has 14 heavy (non-hydrogen) atoms. The highest BCUT2D eigenvalue weighted by Gasteiger charge is 2.27. The van der Waals surface area contributed by atoms with Crippen LogP contribution in [-0.4, -0.2) is 30.7 Å². The van der Waals surface area contributed by atoms with Gasteiger partial charge < -0.3 is 14.6 Å². The summed E-state index contributed by atoms with van der Waals surface area (Å²) in [7, 11) is 1.69. The molecule has 3 nitrogen and oxygen atoms in total. The van der Waals surface area contributed by atoms with Crippen molar-refractivity contribution in [3.63, 3.8) is 0 Å². The van der Waals surface area contributed by atoms with Gasteiger partial charge >= 0.3 is 0 Å². The molecule has 0 radical (unpaired) electrons. The lowest BCUT2D eigenvalue weighted by molar-refractivity contribution is -0.180. The van der Waals surface area contributed by atoms with Crippen LogP contribution in [0.2, 0.25) is 0 Å². The lowest BCUT2D eigenvalue weighted by atomic mass is 9.90. The number of aliphatic hydroxyl groups is 1. The first-order chi connectivity index (χ1) is 6.53. The number of hydrogen-bond acceptors (Lipinski definition) is 3. The predicted octanol–water partition coefficient (Wildman–Crippen LogP) is 1.94. The number of rotatable bonds is 4. The molecule has 0 amide bonds. The average Bonchev–Trinajstić information content (AvgIpc) is 2.14. The van der Waals surface area contributed by atoms with E-state index in [0.29, 0.717) is 5.92 Å². The van der Waals surface area contributed by atoms with Crippen molar-refractivity contribution in [2.24, 2.45) is 5.92 Å². The Labute approximate surface area is 86.4 Å². The van der Waals surface area contributed by atoms with Crippen molar-refractivity contribution in [1.29, 1.82) is 0 Å². The highest BCUT2D eigenvalue weighted by molar-refractivity contribution is 4.73. The highest BCUT2D eigenvalue weighted by atomic mass is 16.7. The second kappa shape index (κ2) is 5.10. The van der Waals surface area contributed by atoms with Crippen LogP contribution in [0, 0.1) is 5.92 Å². The fourth-order valence-corrected chi connectivity index (χ4v) is 1.90. The Morgan fingerprint density at radius 2 is 2.21 bits per heavy atom. The molecule has 1 heterocycles. The van der Waals surface area contributed by atoms with Gasteiger partial charge in [-0.3, -0.25) is 0 Å². The first-order valence-electron chi connectivity index (χ1n) is 5.40. The van der Waals surface area contributed by atoms with Crippen LogP contribution in [0.5, 0.6) is 0 Å². The van der Waals surface area contributed by atoms with Crippen molar-refractivity contribution in [2.45, 2.75) is 51.4 Å². The summed E-state index contributed by atoms with van der Waals surface area (Å²) < 4.78 is 10.8. The Kier molecular flexibility index (Phi) is 4.35. The molecular formula is C11H22O3. The monoisotopic (exact) mass is 202 g/mol. The molecule has 0 unspecified atom stereocenters. The third kappa shape index (κ3) is 3.95. The maximum atomic E-state index is 9.63. The van der Waals surface area contributed by atoms with Crippen LogP contribution in [-0.2, 0) is 9.47 Å². The van der Waals surface area contributed by atoms with Gasteiger partial charge in [0.2, 0.25) is 0 Å². The van der Waals surface area contributed by atoms with E-state index >= 15 is 0 Å². The standard InChI is InChI=1S/C11H22O3/c1-11(2,12)7-6-9-5-4-8-14-10(9)13-3/h9-10,12H,4-8H2,1-3H3/t9-,10+/m1/s1. The molecule has 0 aromatic rings. The maximum absolute atomic E-state index is 9.63. The van der Waals surface area contributed by atoms with Crippen LogP contribution in [0.25, 0.3) is 0 Å². The summed E-state index contributed by atoms with van der Waals surface area (Å²) in [5.41, 5.74) is -0.574. The van der Waals surface area contributed by atoms with E-state index in [1.807, 2.05) is 13.8 Å². The predicted molar refractivity (Wildman–Crippen MR) is 55.0 cm³/mol. The largest absolute Gasteiger partial charge is 0.390 e. The number of methoxy groups -OCH3 is 1. The number of ether oxygens (including phenoxy) is 2. The minimum Gasteiger partial charge on any atom is -0.390 e. The van der Waals surface area contributed by atoms with Crippen LogP contribution >= 0.6 is 0 Å². The molecule has 84 valence electrons. The highest BCUT2D eigenvalue weighted by Crippen LogP contribution is 2.27. The quantitative estimate of drug-likeness (QED) is 0.757. The molecule has 0 spiro atoms. The summed E-state index contributed by atoms with van der Waals surface area (Å²) in [5.74, 6) is 0.445. The van der Waals surface area contributed by atoms with Gasteiger partial charge in [0.25, 0.3) is 0 Å². The maximum Gasteiger partial charge on any atom is 0.159 e. The van der Waals surface area contributed by atoms with Gasteiger partial charge in [0.15, 0.2) is 6.29 Å². The molecule has 1 aliphatic rings. The molecule has 1 saturated heterocycles. The minimum atomic E-state index is -0.574. The molecular weight excluding hydrogens is 180 g/mol. The van der Waals surface area contributed by atoms with Gasteiger partial charge in [0.1, 0.15) is 0 Å². The summed E-state index contributed by atoms with van der Waals surface area (Å²) in [6.45, 7) is 4.49. The van der Waals surface area contributed by atoms with Crippen molar-refractivity contribution >= 4 is 0 Å². The lowest BCUT2D eigenvalue weighted by Crippen LogP contribution is -2.32. The fraction of sp³-hybridized carbons (Fsp3) is 1.00. The average molecular weight is 202 g/mol. The summed E-state index contributed by atoms with van der Waals surface area (Å²) in [4.78, 5) is 0. The van der Waals surface area contributed by atoms with Crippen LogP contribution < -0.4 is 0 Å². The van der Waals surface area contributed by atoms with E-state index in [4.69, 9.17) is 9.47 Å². The van der Waals surface area contributed by atoms with Crippen LogP contribution in [0.1, 0.15) is 39.5 Å². The van der Waals surface area contributed by atoms with Crippen LogP contribution in [0.4, 0.5) is 0 Å². The third-order valence-electron chi connectivity index (χ3n) is 2.75. The van der Waals surface area contributed by atoms with Crippen molar-refractivity contribution in [3.8, 4) is 0 Å². The summed E-state index contributed by atoms with van der Waals surface area (Å²) in [6, 6.07) is 0. The summed E-state index contributed by atoms with van der Waals surface area (Å²) in [6.07, 6.45) is 3.97. The van der Waals surface area contributed by atoms with Crippen LogP contribution in [0.3, 0.4) is 0 Å². The molecule has 1 fully saturated rings. The second-order valence-electron chi connectivity index (χ2n) is 4.73. The zero-order chi connectivity index (χ0) is 10.6. The molecule has 0 aromatic carbocycles. The molecule has 1 N–H and O–H groups in total. The molecule has 2 atom stereocenters. The normalized spacial score (nSPS) is 29.1. The van der Waals surface area contributed by atoms with Gasteiger partial charge in [-0.15, -0.1) is 0 Å². The summed E-state index contributed by atoms with van der Waals surface area (Å²) >= 11 is 0.